The maximum absolute atomic E-state index is 12.1. The average molecular weight is 294 g/mol. The Balaban J connectivity index is 1.82. The van der Waals surface area contributed by atoms with E-state index in [4.69, 9.17) is 4.52 Å². The lowest BCUT2D eigenvalue weighted by Crippen LogP contribution is -2.14. The number of carbonyl (C=O) groups excluding carboxylic acids is 1. The molecule has 0 saturated carbocycles. The molecule has 0 radical (unpaired) electrons. The minimum atomic E-state index is -0.244. The topological polar surface area (TPSA) is 80.9 Å². The van der Waals surface area contributed by atoms with Crippen molar-refractivity contribution in [3.05, 3.63) is 59.7 Å². The molecule has 6 heteroatoms. The first-order chi connectivity index (χ1) is 10.6. The van der Waals surface area contributed by atoms with Crippen molar-refractivity contribution in [2.75, 3.05) is 5.32 Å². The normalized spacial score (nSPS) is 10.5. The van der Waals surface area contributed by atoms with E-state index in [1.165, 1.54) is 0 Å². The van der Waals surface area contributed by atoms with Gasteiger partial charge in [0, 0.05) is 24.4 Å². The van der Waals surface area contributed by atoms with Gasteiger partial charge in [-0.1, -0.05) is 11.2 Å². The van der Waals surface area contributed by atoms with E-state index < -0.39 is 0 Å². The Bertz CT molecular complexity index is 812. The molecule has 2 heterocycles. The quantitative estimate of drug-likeness (QED) is 0.803. The van der Waals surface area contributed by atoms with Crippen LogP contribution in [-0.4, -0.2) is 21.0 Å². The number of benzene rings is 1. The highest BCUT2D eigenvalue weighted by atomic mass is 16.5. The average Bonchev–Trinajstić information content (AvgIpc) is 2.96. The number of anilines is 1. The van der Waals surface area contributed by atoms with E-state index in [1.807, 2.05) is 25.1 Å². The predicted molar refractivity (Wildman–Crippen MR) is 81.4 cm³/mol. The standard InChI is InChI=1S/C16H14N4O2/c1-10-9-12(15-18-11(2)22-20-15)6-7-13(10)19-16(21)14-5-3-4-8-17-14/h3-9H,1-2H3,(H,19,21). The summed E-state index contributed by atoms with van der Waals surface area (Å²) in [5.74, 6) is 0.801. The molecule has 1 aromatic carbocycles. The summed E-state index contributed by atoms with van der Waals surface area (Å²) in [4.78, 5) is 20.3. The van der Waals surface area contributed by atoms with E-state index in [1.54, 1.807) is 31.3 Å². The van der Waals surface area contributed by atoms with Crippen molar-refractivity contribution in [2.24, 2.45) is 0 Å². The van der Waals surface area contributed by atoms with Crippen LogP contribution in [0.5, 0.6) is 0 Å². The van der Waals surface area contributed by atoms with Gasteiger partial charge in [0.05, 0.1) is 0 Å². The van der Waals surface area contributed by atoms with E-state index >= 15 is 0 Å². The van der Waals surface area contributed by atoms with Crippen LogP contribution in [0.2, 0.25) is 0 Å². The van der Waals surface area contributed by atoms with Crippen LogP contribution in [0.1, 0.15) is 21.9 Å². The van der Waals surface area contributed by atoms with Gasteiger partial charge in [-0.05, 0) is 42.8 Å². The summed E-state index contributed by atoms with van der Waals surface area (Å²) >= 11 is 0. The zero-order valence-electron chi connectivity index (χ0n) is 12.2. The Morgan fingerprint density at radius 1 is 1.18 bits per heavy atom. The number of carbonyl (C=O) groups is 1. The molecule has 0 fully saturated rings. The molecule has 0 bridgehead atoms. The molecule has 3 aromatic rings. The first-order valence-electron chi connectivity index (χ1n) is 6.77. The molecular weight excluding hydrogens is 280 g/mol. The number of rotatable bonds is 3. The molecule has 6 nitrogen and oxygen atoms in total. The fraction of sp³-hybridized carbons (Fsp3) is 0.125. The molecule has 0 unspecified atom stereocenters. The third kappa shape index (κ3) is 2.85. The second-order valence-electron chi connectivity index (χ2n) is 4.84. The van der Waals surface area contributed by atoms with Crippen molar-refractivity contribution in [1.82, 2.24) is 15.1 Å². The second-order valence-corrected chi connectivity index (χ2v) is 4.84. The summed E-state index contributed by atoms with van der Waals surface area (Å²) < 4.78 is 4.97. The van der Waals surface area contributed by atoms with E-state index in [0.29, 0.717) is 17.4 Å². The van der Waals surface area contributed by atoms with Gasteiger partial charge in [-0.2, -0.15) is 4.98 Å². The molecule has 110 valence electrons. The Kier molecular flexibility index (Phi) is 3.65. The maximum Gasteiger partial charge on any atom is 0.274 e. The summed E-state index contributed by atoms with van der Waals surface area (Å²) in [6, 6.07) is 10.8. The molecule has 1 N–H and O–H groups in total. The number of nitrogens with one attached hydrogen (secondary N) is 1. The van der Waals surface area contributed by atoms with Crippen LogP contribution in [0, 0.1) is 13.8 Å². The van der Waals surface area contributed by atoms with Crippen LogP contribution < -0.4 is 5.32 Å². The molecule has 0 aliphatic carbocycles. The third-order valence-electron chi connectivity index (χ3n) is 3.16. The van der Waals surface area contributed by atoms with Crippen molar-refractivity contribution in [2.45, 2.75) is 13.8 Å². The molecule has 0 aliphatic heterocycles. The van der Waals surface area contributed by atoms with Crippen molar-refractivity contribution in [3.8, 4) is 11.4 Å². The molecule has 22 heavy (non-hydrogen) atoms. The van der Waals surface area contributed by atoms with Crippen molar-refractivity contribution >= 4 is 11.6 Å². The highest BCUT2D eigenvalue weighted by Crippen LogP contribution is 2.23. The maximum atomic E-state index is 12.1. The summed E-state index contributed by atoms with van der Waals surface area (Å²) in [6.07, 6.45) is 1.59. The fourth-order valence-corrected chi connectivity index (χ4v) is 2.04. The Labute approximate surface area is 127 Å². The zero-order chi connectivity index (χ0) is 15.5. The molecule has 0 spiro atoms. The largest absolute Gasteiger partial charge is 0.339 e. The molecule has 0 aliphatic rings. The Morgan fingerprint density at radius 2 is 2.05 bits per heavy atom. The zero-order valence-corrected chi connectivity index (χ0v) is 12.2. The molecule has 3 rings (SSSR count). The van der Waals surface area contributed by atoms with Crippen LogP contribution in [0.4, 0.5) is 5.69 Å². The second kappa shape index (κ2) is 5.77. The lowest BCUT2D eigenvalue weighted by molar-refractivity contribution is 0.102. The predicted octanol–water partition coefficient (Wildman–Crippen LogP) is 3.00. The molecule has 1 amide bonds. The monoisotopic (exact) mass is 294 g/mol. The number of hydrogen-bond donors (Lipinski definition) is 1. The lowest BCUT2D eigenvalue weighted by Gasteiger charge is -2.08. The number of nitrogens with zero attached hydrogens (tertiary/aromatic N) is 3. The van der Waals surface area contributed by atoms with Gasteiger partial charge in [-0.15, -0.1) is 0 Å². The number of hydrogen-bond acceptors (Lipinski definition) is 5. The SMILES string of the molecule is Cc1nc(-c2ccc(NC(=O)c3ccccn3)c(C)c2)no1. The Hall–Kier alpha value is -3.02. The fourth-order valence-electron chi connectivity index (χ4n) is 2.04. The van der Waals surface area contributed by atoms with Gasteiger partial charge in [-0.25, -0.2) is 0 Å². The molecule has 0 saturated heterocycles. The van der Waals surface area contributed by atoms with Crippen LogP contribution in [-0.2, 0) is 0 Å². The van der Waals surface area contributed by atoms with Gasteiger partial charge in [0.2, 0.25) is 11.7 Å². The van der Waals surface area contributed by atoms with Crippen molar-refractivity contribution < 1.29 is 9.32 Å². The van der Waals surface area contributed by atoms with Gasteiger partial charge in [-0.3, -0.25) is 9.78 Å². The highest BCUT2D eigenvalue weighted by molar-refractivity contribution is 6.03. The summed E-state index contributed by atoms with van der Waals surface area (Å²) in [6.45, 7) is 3.65. The minimum Gasteiger partial charge on any atom is -0.339 e. The summed E-state index contributed by atoms with van der Waals surface area (Å²) in [5, 5.41) is 6.73. The van der Waals surface area contributed by atoms with E-state index in [9.17, 15) is 4.79 Å². The van der Waals surface area contributed by atoms with E-state index in [-0.39, 0.29) is 5.91 Å². The van der Waals surface area contributed by atoms with E-state index in [0.717, 1.165) is 16.8 Å². The highest BCUT2D eigenvalue weighted by Gasteiger charge is 2.11. The van der Waals surface area contributed by atoms with Gasteiger partial charge >= 0.3 is 0 Å². The smallest absolute Gasteiger partial charge is 0.274 e. The van der Waals surface area contributed by atoms with E-state index in [2.05, 4.69) is 20.4 Å². The number of aryl methyl sites for hydroxylation is 2. The first-order valence-corrected chi connectivity index (χ1v) is 6.77. The third-order valence-corrected chi connectivity index (χ3v) is 3.16. The van der Waals surface area contributed by atoms with Gasteiger partial charge < -0.3 is 9.84 Å². The van der Waals surface area contributed by atoms with Crippen molar-refractivity contribution in [1.29, 1.82) is 0 Å². The molecular formula is C16H14N4O2. The molecule has 0 atom stereocenters. The minimum absolute atomic E-state index is 0.244. The Morgan fingerprint density at radius 3 is 2.68 bits per heavy atom. The van der Waals surface area contributed by atoms with Gasteiger partial charge in [0.1, 0.15) is 5.69 Å². The van der Waals surface area contributed by atoms with Gasteiger partial charge in [0.15, 0.2) is 0 Å². The van der Waals surface area contributed by atoms with Gasteiger partial charge in [0.25, 0.3) is 5.91 Å². The van der Waals surface area contributed by atoms with Crippen molar-refractivity contribution in [3.63, 3.8) is 0 Å². The number of pyridine rings is 1. The number of aromatic nitrogens is 3. The summed E-state index contributed by atoms with van der Waals surface area (Å²) in [5.41, 5.74) is 2.84. The van der Waals surface area contributed by atoms with Crippen LogP contribution in [0.15, 0.2) is 47.1 Å². The first kappa shape index (κ1) is 13.9. The van der Waals surface area contributed by atoms with Crippen LogP contribution >= 0.6 is 0 Å². The molecule has 2 aromatic heterocycles. The number of amides is 1. The van der Waals surface area contributed by atoms with Crippen LogP contribution in [0.25, 0.3) is 11.4 Å². The van der Waals surface area contributed by atoms with Crippen LogP contribution in [0.3, 0.4) is 0 Å². The lowest BCUT2D eigenvalue weighted by atomic mass is 10.1. The summed E-state index contributed by atoms with van der Waals surface area (Å²) in [7, 11) is 0.